The normalized spacial score (nSPS) is 23.5. The van der Waals surface area contributed by atoms with Crippen molar-refractivity contribution in [2.75, 3.05) is 17.8 Å². The second kappa shape index (κ2) is 8.09. The molecule has 12 nitrogen and oxygen atoms in total. The average molecular weight is 436 g/mol. The first-order chi connectivity index (χ1) is 15.6. The van der Waals surface area contributed by atoms with Crippen LogP contribution in [-0.2, 0) is 4.74 Å². The first-order valence-electron chi connectivity index (χ1n) is 9.82. The van der Waals surface area contributed by atoms with Gasteiger partial charge in [-0.2, -0.15) is 5.10 Å². The summed E-state index contributed by atoms with van der Waals surface area (Å²) < 4.78 is 7.07. The fourth-order valence-corrected chi connectivity index (χ4v) is 3.65. The van der Waals surface area contributed by atoms with Gasteiger partial charge in [-0.25, -0.2) is 25.4 Å². The standard InChI is InChI=1S/C20H20N8O4/c21-17-14-18(23-9-22-17)28(19-16(31)15(30)13(8-29)32-19)20(26-14)27-24-7-11-6-5-10-3-1-2-4-12(10)25-11/h1-7,9,13,15-16,19,29-31H,8H2,(H,26,27)(H2,21,22,23)/b24-7+/t13-,15-,16-,19-/m0/s1. The first kappa shape index (κ1) is 20.2. The topological polar surface area (TPSA) is 177 Å². The molecule has 1 aromatic carbocycles. The summed E-state index contributed by atoms with van der Waals surface area (Å²) in [4.78, 5) is 17.0. The van der Waals surface area contributed by atoms with E-state index in [1.54, 1.807) is 0 Å². The smallest absolute Gasteiger partial charge is 0.228 e. The molecule has 6 N–H and O–H groups in total. The van der Waals surface area contributed by atoms with Crippen LogP contribution in [0.25, 0.3) is 22.1 Å². The molecular formula is C20H20N8O4. The van der Waals surface area contributed by atoms with Gasteiger partial charge in [-0.05, 0) is 12.1 Å². The van der Waals surface area contributed by atoms with Crippen LogP contribution in [0.3, 0.4) is 0 Å². The third-order valence-corrected chi connectivity index (χ3v) is 5.26. The number of aromatic nitrogens is 5. The maximum atomic E-state index is 10.5. The predicted octanol–water partition coefficient (Wildman–Crippen LogP) is 0.0142. The number of nitrogens with zero attached hydrogens (tertiary/aromatic N) is 6. The second-order valence-electron chi connectivity index (χ2n) is 7.26. The van der Waals surface area contributed by atoms with Gasteiger partial charge in [0, 0.05) is 5.39 Å². The van der Waals surface area contributed by atoms with E-state index in [1.165, 1.54) is 17.1 Å². The van der Waals surface area contributed by atoms with Gasteiger partial charge in [0.15, 0.2) is 23.2 Å². The van der Waals surface area contributed by atoms with Crippen molar-refractivity contribution in [3.63, 3.8) is 0 Å². The number of aliphatic hydroxyl groups excluding tert-OH is 3. The fourth-order valence-electron chi connectivity index (χ4n) is 3.65. The number of nitrogens with one attached hydrogen (secondary N) is 1. The lowest BCUT2D eigenvalue weighted by atomic mass is 10.1. The van der Waals surface area contributed by atoms with Gasteiger partial charge in [0.2, 0.25) is 5.95 Å². The van der Waals surface area contributed by atoms with Crippen LogP contribution in [0.1, 0.15) is 11.9 Å². The lowest BCUT2D eigenvalue weighted by Gasteiger charge is -2.18. The van der Waals surface area contributed by atoms with Gasteiger partial charge < -0.3 is 25.8 Å². The van der Waals surface area contributed by atoms with E-state index in [-0.39, 0.29) is 22.9 Å². The van der Waals surface area contributed by atoms with Crippen molar-refractivity contribution in [3.05, 3.63) is 48.4 Å². The third kappa shape index (κ3) is 3.40. The van der Waals surface area contributed by atoms with E-state index in [4.69, 9.17) is 10.5 Å². The molecule has 3 aromatic heterocycles. The molecule has 1 fully saturated rings. The number of ether oxygens (including phenoxy) is 1. The lowest BCUT2D eigenvalue weighted by molar-refractivity contribution is -0.0501. The SMILES string of the molecule is Nc1ncnc2c1nc(N/N=C/c1ccc3ccccc3n1)n2[C@H]1O[C@@H](CO)[C@H](O)[C@@H]1O. The summed E-state index contributed by atoms with van der Waals surface area (Å²) in [5.41, 5.74) is 10.7. The van der Waals surface area contributed by atoms with Gasteiger partial charge in [-0.3, -0.25) is 4.57 Å². The van der Waals surface area contributed by atoms with Gasteiger partial charge in [0.25, 0.3) is 0 Å². The predicted molar refractivity (Wildman–Crippen MR) is 116 cm³/mol. The number of imidazole rings is 1. The summed E-state index contributed by atoms with van der Waals surface area (Å²) >= 11 is 0. The summed E-state index contributed by atoms with van der Waals surface area (Å²) in [5.74, 6) is 0.280. The number of nitrogens with two attached hydrogens (primary N) is 1. The molecule has 5 rings (SSSR count). The van der Waals surface area contributed by atoms with Gasteiger partial charge in [-0.15, -0.1) is 0 Å². The minimum absolute atomic E-state index is 0.128. The van der Waals surface area contributed by atoms with Crippen molar-refractivity contribution in [3.8, 4) is 0 Å². The first-order valence-corrected chi connectivity index (χ1v) is 9.82. The highest BCUT2D eigenvalue weighted by Gasteiger charge is 2.45. The Morgan fingerprint density at radius 1 is 1.12 bits per heavy atom. The van der Waals surface area contributed by atoms with Gasteiger partial charge in [0.05, 0.1) is 24.0 Å². The van der Waals surface area contributed by atoms with Crippen LogP contribution in [0, 0.1) is 0 Å². The molecule has 0 bridgehead atoms. The maximum Gasteiger partial charge on any atom is 0.228 e. The summed E-state index contributed by atoms with van der Waals surface area (Å²) in [6.45, 7) is -0.465. The van der Waals surface area contributed by atoms with Gasteiger partial charge >= 0.3 is 0 Å². The molecule has 1 aliphatic rings. The van der Waals surface area contributed by atoms with Crippen molar-refractivity contribution in [2.45, 2.75) is 24.5 Å². The number of benzene rings is 1. The van der Waals surface area contributed by atoms with E-state index in [2.05, 4.69) is 30.5 Å². The molecule has 0 amide bonds. The Hall–Kier alpha value is -3.71. The Bertz CT molecular complexity index is 1310. The summed E-state index contributed by atoms with van der Waals surface area (Å²) in [7, 11) is 0. The Morgan fingerprint density at radius 3 is 2.78 bits per heavy atom. The van der Waals surface area contributed by atoms with Crippen molar-refractivity contribution >= 4 is 40.0 Å². The molecule has 0 spiro atoms. The molecule has 0 saturated carbocycles. The highest BCUT2D eigenvalue weighted by molar-refractivity contribution is 5.86. The molecule has 1 aliphatic heterocycles. The number of aliphatic hydroxyl groups is 3. The quantitative estimate of drug-likeness (QED) is 0.212. The molecule has 4 heterocycles. The molecule has 0 aliphatic carbocycles. The summed E-state index contributed by atoms with van der Waals surface area (Å²) in [6.07, 6.45) is -1.92. The highest BCUT2D eigenvalue weighted by Crippen LogP contribution is 2.35. The molecule has 32 heavy (non-hydrogen) atoms. The zero-order valence-corrected chi connectivity index (χ0v) is 16.6. The Kier molecular flexibility index (Phi) is 5.11. The van der Waals surface area contributed by atoms with Crippen LogP contribution >= 0.6 is 0 Å². The van der Waals surface area contributed by atoms with E-state index in [1.807, 2.05) is 36.4 Å². The molecule has 4 atom stereocenters. The van der Waals surface area contributed by atoms with E-state index < -0.39 is 31.1 Å². The van der Waals surface area contributed by atoms with E-state index in [0.29, 0.717) is 5.69 Å². The number of pyridine rings is 1. The second-order valence-corrected chi connectivity index (χ2v) is 7.26. The van der Waals surface area contributed by atoms with Crippen LogP contribution in [-0.4, -0.2) is 71.0 Å². The van der Waals surface area contributed by atoms with Crippen LogP contribution in [0.5, 0.6) is 0 Å². The Labute approximate surface area is 181 Å². The van der Waals surface area contributed by atoms with Gasteiger partial charge in [0.1, 0.15) is 24.6 Å². The van der Waals surface area contributed by atoms with Crippen LogP contribution in [0.4, 0.5) is 11.8 Å². The number of hydrogen-bond acceptors (Lipinski definition) is 11. The van der Waals surface area contributed by atoms with E-state index in [9.17, 15) is 15.3 Å². The van der Waals surface area contributed by atoms with E-state index >= 15 is 0 Å². The summed E-state index contributed by atoms with van der Waals surface area (Å²) in [5, 5.41) is 35.3. The molecule has 0 unspecified atom stereocenters. The van der Waals surface area contributed by atoms with Crippen LogP contribution in [0.2, 0.25) is 0 Å². The molecule has 0 radical (unpaired) electrons. The van der Waals surface area contributed by atoms with Crippen LogP contribution < -0.4 is 11.2 Å². The fraction of sp³-hybridized carbons (Fsp3) is 0.250. The Morgan fingerprint density at radius 2 is 1.97 bits per heavy atom. The van der Waals surface area contributed by atoms with Gasteiger partial charge in [-0.1, -0.05) is 24.3 Å². The molecule has 12 heteroatoms. The van der Waals surface area contributed by atoms with Crippen molar-refractivity contribution in [1.29, 1.82) is 0 Å². The number of rotatable bonds is 5. The molecule has 164 valence electrons. The van der Waals surface area contributed by atoms with Crippen molar-refractivity contribution < 1.29 is 20.1 Å². The number of fused-ring (bicyclic) bond motifs is 2. The highest BCUT2D eigenvalue weighted by atomic mass is 16.6. The van der Waals surface area contributed by atoms with Crippen molar-refractivity contribution in [2.24, 2.45) is 5.10 Å². The minimum Gasteiger partial charge on any atom is -0.394 e. The number of hydrazone groups is 1. The van der Waals surface area contributed by atoms with Crippen molar-refractivity contribution in [1.82, 2.24) is 24.5 Å². The van der Waals surface area contributed by atoms with E-state index in [0.717, 1.165) is 10.9 Å². The molecule has 4 aromatic rings. The molecular weight excluding hydrogens is 416 g/mol. The maximum absolute atomic E-state index is 10.5. The number of nitrogen functional groups attached to an aromatic ring is 1. The lowest BCUT2D eigenvalue weighted by Crippen LogP contribution is -2.33. The zero-order valence-electron chi connectivity index (χ0n) is 16.6. The third-order valence-electron chi connectivity index (χ3n) is 5.26. The summed E-state index contributed by atoms with van der Waals surface area (Å²) in [6, 6.07) is 11.5. The number of hydrogen-bond donors (Lipinski definition) is 5. The Balaban J connectivity index is 1.50. The molecule has 1 saturated heterocycles. The van der Waals surface area contributed by atoms with Crippen LogP contribution in [0.15, 0.2) is 47.8 Å². The monoisotopic (exact) mass is 436 g/mol. The average Bonchev–Trinajstić information content (AvgIpc) is 3.31. The largest absolute Gasteiger partial charge is 0.394 e. The number of anilines is 2. The number of para-hydroxylation sites is 1. The zero-order chi connectivity index (χ0) is 22.2. The minimum atomic E-state index is -1.34.